The molecule has 3 rings (SSSR count). The van der Waals surface area contributed by atoms with Crippen molar-refractivity contribution in [2.75, 3.05) is 6.54 Å². The van der Waals surface area contributed by atoms with Crippen LogP contribution in [0.3, 0.4) is 0 Å². The van der Waals surface area contributed by atoms with Gasteiger partial charge in [-0.2, -0.15) is 0 Å². The summed E-state index contributed by atoms with van der Waals surface area (Å²) in [4.78, 5) is 26.0. The minimum atomic E-state index is -0.606. The van der Waals surface area contributed by atoms with Gasteiger partial charge >= 0.3 is 0 Å². The summed E-state index contributed by atoms with van der Waals surface area (Å²) in [6.07, 6.45) is 0.357. The summed E-state index contributed by atoms with van der Waals surface area (Å²) >= 11 is 0. The average Bonchev–Trinajstić information content (AvgIpc) is 2.55. The molecule has 0 spiro atoms. The Kier molecular flexibility index (Phi) is 4.37. The van der Waals surface area contributed by atoms with Gasteiger partial charge in [0.1, 0.15) is 11.9 Å². The zero-order valence-corrected chi connectivity index (χ0v) is 12.5. The lowest BCUT2D eigenvalue weighted by Gasteiger charge is -2.32. The Labute approximate surface area is 133 Å². The van der Waals surface area contributed by atoms with E-state index in [4.69, 9.17) is 0 Å². The molecule has 1 aliphatic heterocycles. The van der Waals surface area contributed by atoms with Crippen molar-refractivity contribution in [3.63, 3.8) is 0 Å². The molecule has 0 aliphatic carbocycles. The van der Waals surface area contributed by atoms with Gasteiger partial charge in [0.05, 0.1) is 6.54 Å². The van der Waals surface area contributed by atoms with Crippen molar-refractivity contribution in [2.45, 2.75) is 19.0 Å². The molecular weight excluding hydrogens is 295 g/mol. The maximum Gasteiger partial charge on any atom is 0.246 e. The quantitative estimate of drug-likeness (QED) is 0.937. The van der Waals surface area contributed by atoms with Gasteiger partial charge in [-0.05, 0) is 23.3 Å². The maximum atomic E-state index is 13.0. The summed E-state index contributed by atoms with van der Waals surface area (Å²) in [6, 6.07) is 14.9. The van der Waals surface area contributed by atoms with Crippen LogP contribution in [0.1, 0.15) is 11.1 Å². The van der Waals surface area contributed by atoms with Crippen LogP contribution in [0.15, 0.2) is 54.6 Å². The van der Waals surface area contributed by atoms with Crippen molar-refractivity contribution in [3.8, 4) is 0 Å². The second-order valence-corrected chi connectivity index (χ2v) is 5.63. The molecule has 1 aliphatic rings. The number of hydrogen-bond acceptors (Lipinski definition) is 2. The third kappa shape index (κ3) is 3.74. The predicted octanol–water partition coefficient (Wildman–Crippen LogP) is 1.90. The van der Waals surface area contributed by atoms with E-state index in [1.165, 1.54) is 12.1 Å². The highest BCUT2D eigenvalue weighted by atomic mass is 19.1. The topological polar surface area (TPSA) is 49.4 Å². The number of nitrogens with zero attached hydrogens (tertiary/aromatic N) is 1. The van der Waals surface area contributed by atoms with Crippen molar-refractivity contribution in [3.05, 3.63) is 71.5 Å². The molecule has 2 aromatic rings. The third-order valence-corrected chi connectivity index (χ3v) is 3.85. The van der Waals surface area contributed by atoms with Crippen LogP contribution < -0.4 is 5.32 Å². The summed E-state index contributed by atoms with van der Waals surface area (Å²) in [5.74, 6) is -0.608. The second kappa shape index (κ2) is 6.60. The lowest BCUT2D eigenvalue weighted by atomic mass is 10.0. The fourth-order valence-corrected chi connectivity index (χ4v) is 2.71. The third-order valence-electron chi connectivity index (χ3n) is 3.85. The van der Waals surface area contributed by atoms with Crippen molar-refractivity contribution in [1.29, 1.82) is 0 Å². The average molecular weight is 312 g/mol. The first kappa shape index (κ1) is 15.2. The molecule has 0 unspecified atom stereocenters. The number of piperazine rings is 1. The Hall–Kier alpha value is -2.69. The van der Waals surface area contributed by atoms with Gasteiger partial charge in [0.2, 0.25) is 11.8 Å². The van der Waals surface area contributed by atoms with Gasteiger partial charge in [-0.15, -0.1) is 0 Å². The van der Waals surface area contributed by atoms with Crippen LogP contribution in [-0.2, 0) is 22.6 Å². The number of rotatable bonds is 4. The van der Waals surface area contributed by atoms with E-state index < -0.39 is 6.04 Å². The molecule has 118 valence electrons. The molecule has 1 fully saturated rings. The molecule has 0 bridgehead atoms. The summed E-state index contributed by atoms with van der Waals surface area (Å²) in [7, 11) is 0. The molecule has 1 saturated heterocycles. The van der Waals surface area contributed by atoms with E-state index >= 15 is 0 Å². The van der Waals surface area contributed by atoms with E-state index in [2.05, 4.69) is 5.32 Å². The second-order valence-electron chi connectivity index (χ2n) is 5.63. The lowest BCUT2D eigenvalue weighted by Crippen LogP contribution is -2.58. The van der Waals surface area contributed by atoms with Crippen LogP contribution in [0.4, 0.5) is 4.39 Å². The molecule has 0 saturated carbocycles. The summed E-state index contributed by atoms with van der Waals surface area (Å²) in [5.41, 5.74) is 1.79. The highest BCUT2D eigenvalue weighted by molar-refractivity contribution is 5.95. The van der Waals surface area contributed by atoms with E-state index in [-0.39, 0.29) is 24.2 Å². The number of amides is 2. The molecule has 1 atom stereocenters. The Morgan fingerprint density at radius 1 is 1.00 bits per heavy atom. The Bertz CT molecular complexity index is 701. The molecule has 0 aromatic heterocycles. The number of benzene rings is 2. The molecular formula is C18H17FN2O2. The van der Waals surface area contributed by atoms with Crippen molar-refractivity contribution in [1.82, 2.24) is 10.2 Å². The van der Waals surface area contributed by atoms with E-state index in [1.807, 2.05) is 30.3 Å². The molecule has 1 N–H and O–H groups in total. The monoisotopic (exact) mass is 312 g/mol. The van der Waals surface area contributed by atoms with Crippen LogP contribution in [-0.4, -0.2) is 29.3 Å². The summed E-state index contributed by atoms with van der Waals surface area (Å²) < 4.78 is 13.0. The number of nitrogens with one attached hydrogen (secondary N) is 1. The number of carbonyl (C=O) groups is 2. The molecule has 5 heteroatoms. The molecule has 2 amide bonds. The minimum absolute atomic E-state index is 0.0631. The Morgan fingerprint density at radius 2 is 1.70 bits per heavy atom. The molecule has 2 aromatic carbocycles. The van der Waals surface area contributed by atoms with Crippen molar-refractivity contribution in [2.24, 2.45) is 0 Å². The van der Waals surface area contributed by atoms with Gasteiger partial charge in [0, 0.05) is 13.0 Å². The van der Waals surface area contributed by atoms with Crippen molar-refractivity contribution < 1.29 is 14.0 Å². The van der Waals surface area contributed by atoms with Crippen molar-refractivity contribution >= 4 is 11.8 Å². The predicted molar refractivity (Wildman–Crippen MR) is 83.9 cm³/mol. The van der Waals surface area contributed by atoms with Gasteiger partial charge in [0.15, 0.2) is 0 Å². The van der Waals surface area contributed by atoms with Crippen LogP contribution in [0.5, 0.6) is 0 Å². The summed E-state index contributed by atoms with van der Waals surface area (Å²) in [6.45, 7) is 0.473. The van der Waals surface area contributed by atoms with Gasteiger partial charge in [-0.1, -0.05) is 42.5 Å². The first-order valence-electron chi connectivity index (χ1n) is 7.48. The van der Waals surface area contributed by atoms with Gasteiger partial charge in [-0.25, -0.2) is 4.39 Å². The van der Waals surface area contributed by atoms with Crippen LogP contribution in [0.2, 0.25) is 0 Å². The van der Waals surface area contributed by atoms with Gasteiger partial charge in [-0.3, -0.25) is 9.59 Å². The normalized spacial score (nSPS) is 18.0. The minimum Gasteiger partial charge on any atom is -0.342 e. The van der Waals surface area contributed by atoms with Gasteiger partial charge in [0.25, 0.3) is 0 Å². The highest BCUT2D eigenvalue weighted by Gasteiger charge is 2.32. The van der Waals surface area contributed by atoms with E-state index in [0.717, 1.165) is 11.1 Å². The molecule has 23 heavy (non-hydrogen) atoms. The smallest absolute Gasteiger partial charge is 0.246 e. The SMILES string of the molecule is O=C1CN(Cc2ccccc2)C(=O)[C@@H](Cc2ccc(F)cc2)N1. The van der Waals surface area contributed by atoms with Crippen LogP contribution in [0.25, 0.3) is 0 Å². The number of carbonyl (C=O) groups excluding carboxylic acids is 2. The first-order valence-corrected chi connectivity index (χ1v) is 7.48. The number of hydrogen-bond donors (Lipinski definition) is 1. The first-order chi connectivity index (χ1) is 11.1. The molecule has 1 heterocycles. The molecule has 0 radical (unpaired) electrons. The van der Waals surface area contributed by atoms with E-state index in [9.17, 15) is 14.0 Å². The lowest BCUT2D eigenvalue weighted by molar-refractivity contribution is -0.144. The molecule has 4 nitrogen and oxygen atoms in total. The fraction of sp³-hybridized carbons (Fsp3) is 0.222. The Morgan fingerprint density at radius 3 is 2.39 bits per heavy atom. The van der Waals surface area contributed by atoms with Gasteiger partial charge < -0.3 is 10.2 Å². The van der Waals surface area contributed by atoms with E-state index in [1.54, 1.807) is 17.0 Å². The number of halogens is 1. The largest absolute Gasteiger partial charge is 0.342 e. The highest BCUT2D eigenvalue weighted by Crippen LogP contribution is 2.13. The summed E-state index contributed by atoms with van der Waals surface area (Å²) in [5, 5.41) is 2.72. The van der Waals surface area contributed by atoms with Crippen LogP contribution in [0, 0.1) is 5.82 Å². The standard InChI is InChI=1S/C18H17FN2O2/c19-15-8-6-13(7-9-15)10-16-18(23)21(12-17(22)20-16)11-14-4-2-1-3-5-14/h1-9,16H,10-12H2,(H,20,22)/t16-/m1/s1. The van der Waals surface area contributed by atoms with Crippen LogP contribution >= 0.6 is 0 Å². The zero-order valence-electron chi connectivity index (χ0n) is 12.5. The maximum absolute atomic E-state index is 13.0. The fourth-order valence-electron chi connectivity index (χ4n) is 2.71. The zero-order chi connectivity index (χ0) is 16.2. The Balaban J connectivity index is 1.72. The van der Waals surface area contributed by atoms with E-state index in [0.29, 0.717) is 13.0 Å².